The quantitative estimate of drug-likeness (QED) is 0.831. The first-order valence-electron chi connectivity index (χ1n) is 5.12. The lowest BCUT2D eigenvalue weighted by molar-refractivity contribution is 0.669. The minimum Gasteiger partial charge on any atom is -0.367 e. The lowest BCUT2D eigenvalue weighted by Crippen LogP contribution is -2.24. The Morgan fingerprint density at radius 1 is 1.53 bits per heavy atom. The molecule has 1 saturated carbocycles. The predicted molar refractivity (Wildman–Crippen MR) is 61.8 cm³/mol. The Morgan fingerprint density at radius 3 is 3.07 bits per heavy atom. The van der Waals surface area contributed by atoms with Gasteiger partial charge in [-0.15, -0.1) is 11.3 Å². The van der Waals surface area contributed by atoms with Gasteiger partial charge in [0.2, 0.25) is 0 Å². The van der Waals surface area contributed by atoms with E-state index in [-0.39, 0.29) is 5.54 Å². The second-order valence-electron chi connectivity index (χ2n) is 4.27. The van der Waals surface area contributed by atoms with Gasteiger partial charge in [0.25, 0.3) is 0 Å². The third-order valence-corrected chi connectivity index (χ3v) is 3.69. The Balaban J connectivity index is 1.82. The van der Waals surface area contributed by atoms with E-state index in [0.717, 1.165) is 35.5 Å². The van der Waals surface area contributed by atoms with Crippen LogP contribution in [0, 0.1) is 0 Å². The molecule has 15 heavy (non-hydrogen) atoms. The second-order valence-corrected chi connectivity index (χ2v) is 5.21. The van der Waals surface area contributed by atoms with Crippen molar-refractivity contribution >= 4 is 11.3 Å². The van der Waals surface area contributed by atoms with Gasteiger partial charge in [0, 0.05) is 35.3 Å². The van der Waals surface area contributed by atoms with Crippen molar-refractivity contribution in [3.05, 3.63) is 28.8 Å². The van der Waals surface area contributed by atoms with E-state index in [0.29, 0.717) is 0 Å². The molecule has 4 heteroatoms. The zero-order valence-corrected chi connectivity index (χ0v) is 9.18. The third kappa shape index (κ3) is 1.82. The fourth-order valence-corrected chi connectivity index (χ4v) is 2.60. The zero-order chi connectivity index (χ0) is 10.3. The first kappa shape index (κ1) is 9.12. The molecule has 1 aliphatic carbocycles. The minimum atomic E-state index is 0.0628. The fourth-order valence-electron chi connectivity index (χ4n) is 1.65. The second kappa shape index (κ2) is 3.18. The van der Waals surface area contributed by atoms with E-state index in [2.05, 4.69) is 15.3 Å². The van der Waals surface area contributed by atoms with Crippen LogP contribution in [0.4, 0.5) is 0 Å². The summed E-state index contributed by atoms with van der Waals surface area (Å²) in [6.07, 6.45) is 7.11. The molecule has 0 spiro atoms. The van der Waals surface area contributed by atoms with Crippen LogP contribution >= 0.6 is 11.3 Å². The number of aromatic nitrogens is 2. The average molecular weight is 219 g/mol. The van der Waals surface area contributed by atoms with E-state index in [9.17, 15) is 0 Å². The number of aromatic amines is 1. The van der Waals surface area contributed by atoms with Gasteiger partial charge in [-0.1, -0.05) is 0 Å². The van der Waals surface area contributed by atoms with Crippen LogP contribution in [0.25, 0.3) is 11.3 Å². The van der Waals surface area contributed by atoms with Crippen LogP contribution in [0.15, 0.2) is 23.8 Å². The average Bonchev–Trinajstić information content (AvgIpc) is 2.73. The third-order valence-electron chi connectivity index (χ3n) is 2.84. The molecule has 0 aromatic carbocycles. The van der Waals surface area contributed by atoms with Gasteiger partial charge >= 0.3 is 0 Å². The predicted octanol–water partition coefficient (Wildman–Crippen LogP) is 2.17. The van der Waals surface area contributed by atoms with Gasteiger partial charge in [-0.2, -0.15) is 0 Å². The van der Waals surface area contributed by atoms with E-state index < -0.39 is 0 Å². The van der Waals surface area contributed by atoms with Crippen molar-refractivity contribution in [3.63, 3.8) is 0 Å². The Bertz CT molecular complexity index is 454. The summed E-state index contributed by atoms with van der Waals surface area (Å²) in [6.45, 7) is 0. The number of nitrogens with two attached hydrogens (primary N) is 1. The number of H-pyrrole nitrogens is 1. The van der Waals surface area contributed by atoms with Gasteiger partial charge in [-0.05, 0) is 18.9 Å². The van der Waals surface area contributed by atoms with Crippen molar-refractivity contribution in [3.8, 4) is 11.3 Å². The summed E-state index contributed by atoms with van der Waals surface area (Å²) in [5.41, 5.74) is 8.34. The number of nitrogens with zero attached hydrogens (tertiary/aromatic N) is 1. The SMILES string of the molecule is NC1(Cc2nc(-c3cc[nH]c3)cs2)CC1. The highest BCUT2D eigenvalue weighted by molar-refractivity contribution is 7.10. The van der Waals surface area contributed by atoms with Crippen LogP contribution in [0.1, 0.15) is 17.8 Å². The summed E-state index contributed by atoms with van der Waals surface area (Å²) >= 11 is 1.71. The molecule has 0 radical (unpaired) electrons. The normalized spacial score (nSPS) is 17.9. The van der Waals surface area contributed by atoms with Crippen molar-refractivity contribution in [1.82, 2.24) is 9.97 Å². The molecule has 0 bridgehead atoms. The topological polar surface area (TPSA) is 54.7 Å². The first-order chi connectivity index (χ1) is 7.25. The smallest absolute Gasteiger partial charge is 0.0950 e. The lowest BCUT2D eigenvalue weighted by atomic mass is 10.2. The number of rotatable bonds is 3. The molecule has 0 amide bonds. The van der Waals surface area contributed by atoms with Gasteiger partial charge in [0.1, 0.15) is 0 Å². The summed E-state index contributed by atoms with van der Waals surface area (Å²) in [4.78, 5) is 7.63. The maximum atomic E-state index is 6.07. The van der Waals surface area contributed by atoms with Crippen LogP contribution in [-0.2, 0) is 6.42 Å². The van der Waals surface area contributed by atoms with Gasteiger partial charge in [0.05, 0.1) is 10.7 Å². The van der Waals surface area contributed by atoms with Crippen molar-refractivity contribution < 1.29 is 0 Å². The number of hydrogen-bond acceptors (Lipinski definition) is 3. The molecule has 3 N–H and O–H groups in total. The lowest BCUT2D eigenvalue weighted by Gasteiger charge is -2.03. The van der Waals surface area contributed by atoms with Crippen molar-refractivity contribution in [1.29, 1.82) is 0 Å². The van der Waals surface area contributed by atoms with Crippen molar-refractivity contribution in [2.45, 2.75) is 24.8 Å². The number of thiazole rings is 1. The van der Waals surface area contributed by atoms with Gasteiger partial charge in [-0.3, -0.25) is 0 Å². The van der Waals surface area contributed by atoms with E-state index in [1.807, 2.05) is 18.5 Å². The summed E-state index contributed by atoms with van der Waals surface area (Å²) < 4.78 is 0. The minimum absolute atomic E-state index is 0.0628. The molecule has 1 fully saturated rings. The summed E-state index contributed by atoms with van der Waals surface area (Å²) in [5.74, 6) is 0. The van der Waals surface area contributed by atoms with Crippen molar-refractivity contribution in [2.24, 2.45) is 5.73 Å². The van der Waals surface area contributed by atoms with Gasteiger partial charge < -0.3 is 10.7 Å². The highest BCUT2D eigenvalue weighted by atomic mass is 32.1. The molecule has 2 aromatic heterocycles. The molecule has 0 saturated heterocycles. The zero-order valence-electron chi connectivity index (χ0n) is 8.36. The Morgan fingerprint density at radius 2 is 2.40 bits per heavy atom. The Kier molecular flexibility index (Phi) is 1.94. The highest BCUT2D eigenvalue weighted by Gasteiger charge is 2.38. The van der Waals surface area contributed by atoms with Crippen LogP contribution in [0.3, 0.4) is 0 Å². The number of nitrogens with one attached hydrogen (secondary N) is 1. The molecule has 2 aromatic rings. The monoisotopic (exact) mass is 219 g/mol. The van der Waals surface area contributed by atoms with Gasteiger partial charge in [-0.25, -0.2) is 4.98 Å². The molecule has 0 aliphatic heterocycles. The van der Waals surface area contributed by atoms with E-state index in [1.54, 1.807) is 11.3 Å². The standard InChI is InChI=1S/C11H13N3S/c12-11(2-3-11)5-10-14-9(7-15-10)8-1-4-13-6-8/h1,4,6-7,13H,2-3,5,12H2. The highest BCUT2D eigenvalue weighted by Crippen LogP contribution is 2.36. The molecular formula is C11H13N3S. The van der Waals surface area contributed by atoms with Gasteiger partial charge in [0.15, 0.2) is 0 Å². The fraction of sp³-hybridized carbons (Fsp3) is 0.364. The van der Waals surface area contributed by atoms with E-state index in [4.69, 9.17) is 5.73 Å². The molecule has 3 nitrogen and oxygen atoms in total. The maximum Gasteiger partial charge on any atom is 0.0950 e. The van der Waals surface area contributed by atoms with Crippen LogP contribution in [0.5, 0.6) is 0 Å². The largest absolute Gasteiger partial charge is 0.367 e. The Labute approximate surface area is 92.4 Å². The van der Waals surface area contributed by atoms with E-state index >= 15 is 0 Å². The molecule has 0 atom stereocenters. The van der Waals surface area contributed by atoms with E-state index in [1.165, 1.54) is 0 Å². The molecule has 0 unspecified atom stereocenters. The van der Waals surface area contributed by atoms with Crippen LogP contribution in [0.2, 0.25) is 0 Å². The van der Waals surface area contributed by atoms with Crippen molar-refractivity contribution in [2.75, 3.05) is 0 Å². The number of hydrogen-bond donors (Lipinski definition) is 2. The molecule has 78 valence electrons. The van der Waals surface area contributed by atoms with Crippen LogP contribution < -0.4 is 5.73 Å². The summed E-state index contributed by atoms with van der Waals surface area (Å²) in [6, 6.07) is 2.04. The molecule has 3 rings (SSSR count). The summed E-state index contributed by atoms with van der Waals surface area (Å²) in [7, 11) is 0. The summed E-state index contributed by atoms with van der Waals surface area (Å²) in [5, 5.41) is 3.26. The molecule has 2 heterocycles. The van der Waals surface area contributed by atoms with Crippen LogP contribution in [-0.4, -0.2) is 15.5 Å². The maximum absolute atomic E-state index is 6.07. The molecular weight excluding hydrogens is 206 g/mol. The molecule has 1 aliphatic rings. The first-order valence-corrected chi connectivity index (χ1v) is 6.00. The Hall–Kier alpha value is -1.13.